The van der Waals surface area contributed by atoms with E-state index in [2.05, 4.69) is 54.0 Å². The molecule has 0 radical (unpaired) electrons. The summed E-state index contributed by atoms with van der Waals surface area (Å²) in [6.45, 7) is 24.4. The molecule has 0 spiro atoms. The molecule has 0 saturated heterocycles. The Hall–Kier alpha value is -1.04. The minimum Gasteiger partial charge on any atom is -0.103 e. The smallest absolute Gasteiger partial charge is 0.0323 e. The van der Waals surface area contributed by atoms with Crippen LogP contribution in [0, 0.1) is 0 Å². The number of rotatable bonds is 21. The molecule has 0 heterocycles. The largest absolute Gasteiger partial charge is 0.103 e. The van der Waals surface area contributed by atoms with E-state index in [9.17, 15) is 0 Å². The van der Waals surface area contributed by atoms with Crippen LogP contribution in [0.1, 0.15) is 156 Å². The van der Waals surface area contributed by atoms with Gasteiger partial charge in [0.25, 0.3) is 0 Å². The summed E-state index contributed by atoms with van der Waals surface area (Å²) < 4.78 is 0. The summed E-state index contributed by atoms with van der Waals surface area (Å²) in [5, 5.41) is 0. The van der Waals surface area contributed by atoms with E-state index in [1.165, 1.54) is 133 Å². The second kappa shape index (κ2) is 34.6. The molecule has 0 amide bonds. The van der Waals surface area contributed by atoms with E-state index >= 15 is 0 Å². The maximum absolute atomic E-state index is 4.17. The summed E-state index contributed by atoms with van der Waals surface area (Å²) in [5.41, 5.74) is 2.85. The Morgan fingerprint density at radius 3 is 1.16 bits per heavy atom. The van der Waals surface area contributed by atoms with Gasteiger partial charge in [0.1, 0.15) is 0 Å². The molecule has 32 heavy (non-hydrogen) atoms. The highest BCUT2D eigenvalue weighted by molar-refractivity contribution is 4.95. The Morgan fingerprint density at radius 2 is 0.812 bits per heavy atom. The van der Waals surface area contributed by atoms with Crippen molar-refractivity contribution in [3.63, 3.8) is 0 Å². The Kier molecular flexibility index (Phi) is 38.4. The fourth-order valence-corrected chi connectivity index (χ4v) is 3.28. The van der Waals surface area contributed by atoms with E-state index in [1.54, 1.807) is 0 Å². The zero-order valence-electron chi connectivity index (χ0n) is 23.1. The van der Waals surface area contributed by atoms with E-state index in [1.807, 2.05) is 12.2 Å². The van der Waals surface area contributed by atoms with Gasteiger partial charge in [-0.15, -0.1) is 13.2 Å². The molecule has 0 aromatic heterocycles. The normalized spacial score (nSPS) is 9.75. The third-order valence-corrected chi connectivity index (χ3v) is 5.72. The highest BCUT2D eigenvalue weighted by Crippen LogP contribution is 2.17. The van der Waals surface area contributed by atoms with Crippen LogP contribution >= 0.6 is 0 Å². The van der Waals surface area contributed by atoms with Crippen molar-refractivity contribution in [3.8, 4) is 0 Å². The lowest BCUT2D eigenvalue weighted by molar-refractivity contribution is 0.639. The molecule has 0 heteroatoms. The van der Waals surface area contributed by atoms with Crippen molar-refractivity contribution in [3.05, 3.63) is 49.6 Å². The summed E-state index contributed by atoms with van der Waals surface area (Å²) in [4.78, 5) is 0. The molecule has 0 unspecified atom stereocenters. The average Bonchev–Trinajstić information content (AvgIpc) is 2.81. The molecule has 0 rings (SSSR count). The molecule has 0 bridgehead atoms. The SMILES string of the molecule is C=C(CC)CCCCC(=C)CCCCCC.C=CCCCCCC.C=CCCCCCC. The van der Waals surface area contributed by atoms with Crippen molar-refractivity contribution in [2.45, 2.75) is 156 Å². The Balaban J connectivity index is -0.000000441. The van der Waals surface area contributed by atoms with Crippen molar-refractivity contribution in [1.82, 2.24) is 0 Å². The third kappa shape index (κ3) is 39.4. The fraction of sp³-hybridized carbons (Fsp3) is 0.750. The number of unbranched alkanes of at least 4 members (excludes halogenated alkanes) is 12. The van der Waals surface area contributed by atoms with Crippen LogP contribution in [0.15, 0.2) is 49.6 Å². The van der Waals surface area contributed by atoms with Crippen molar-refractivity contribution < 1.29 is 0 Å². The molecule has 0 aliphatic heterocycles. The molecule has 0 aromatic rings. The van der Waals surface area contributed by atoms with E-state index in [-0.39, 0.29) is 0 Å². The van der Waals surface area contributed by atoms with Gasteiger partial charge in [-0.2, -0.15) is 0 Å². The molecular weight excluding hydrogens is 384 g/mol. The predicted molar refractivity (Wildman–Crippen MR) is 154 cm³/mol. The van der Waals surface area contributed by atoms with E-state index < -0.39 is 0 Å². The van der Waals surface area contributed by atoms with Gasteiger partial charge in [0.2, 0.25) is 0 Å². The molecule has 190 valence electrons. The first kappa shape index (κ1) is 35.5. The first-order valence-corrected chi connectivity index (χ1v) is 14.1. The van der Waals surface area contributed by atoms with Crippen LogP contribution in [-0.4, -0.2) is 0 Å². The number of hydrogen-bond acceptors (Lipinski definition) is 0. The molecule has 0 aromatic carbocycles. The van der Waals surface area contributed by atoms with E-state index in [0.717, 1.165) is 6.42 Å². The van der Waals surface area contributed by atoms with Crippen LogP contribution in [0.3, 0.4) is 0 Å². The van der Waals surface area contributed by atoms with Crippen LogP contribution in [0.2, 0.25) is 0 Å². The molecule has 0 fully saturated rings. The highest BCUT2D eigenvalue weighted by Gasteiger charge is 1.97. The van der Waals surface area contributed by atoms with E-state index in [0.29, 0.717) is 0 Å². The molecule has 0 saturated carbocycles. The van der Waals surface area contributed by atoms with Gasteiger partial charge >= 0.3 is 0 Å². The van der Waals surface area contributed by atoms with Crippen LogP contribution in [0.4, 0.5) is 0 Å². The summed E-state index contributed by atoms with van der Waals surface area (Å²) in [6.07, 6.45) is 30.1. The summed E-state index contributed by atoms with van der Waals surface area (Å²) in [7, 11) is 0. The minimum atomic E-state index is 1.14. The van der Waals surface area contributed by atoms with Gasteiger partial charge in [0.15, 0.2) is 0 Å². The average molecular weight is 447 g/mol. The zero-order valence-corrected chi connectivity index (χ0v) is 23.1. The number of hydrogen-bond donors (Lipinski definition) is 0. The molecule has 0 atom stereocenters. The molecule has 0 nitrogen and oxygen atoms in total. The fourth-order valence-electron chi connectivity index (χ4n) is 3.28. The van der Waals surface area contributed by atoms with Crippen LogP contribution in [0.5, 0.6) is 0 Å². The molecule has 0 N–H and O–H groups in total. The second-order valence-electron chi connectivity index (χ2n) is 9.15. The second-order valence-corrected chi connectivity index (χ2v) is 9.15. The maximum Gasteiger partial charge on any atom is -0.0323 e. The van der Waals surface area contributed by atoms with Crippen molar-refractivity contribution in [2.75, 3.05) is 0 Å². The minimum absolute atomic E-state index is 1.14. The third-order valence-electron chi connectivity index (χ3n) is 5.72. The topological polar surface area (TPSA) is 0 Å². The molecule has 0 aliphatic rings. The lowest BCUT2D eigenvalue weighted by Gasteiger charge is -2.06. The monoisotopic (exact) mass is 446 g/mol. The Labute approximate surface area is 205 Å². The summed E-state index contributed by atoms with van der Waals surface area (Å²) >= 11 is 0. The highest BCUT2D eigenvalue weighted by atomic mass is 14.0. The summed E-state index contributed by atoms with van der Waals surface area (Å²) in [5.74, 6) is 0. The quantitative estimate of drug-likeness (QED) is 0.121. The first-order chi connectivity index (χ1) is 15.5. The summed E-state index contributed by atoms with van der Waals surface area (Å²) in [6, 6.07) is 0. The molecular formula is C32H62. The van der Waals surface area contributed by atoms with Gasteiger partial charge in [0.05, 0.1) is 0 Å². The van der Waals surface area contributed by atoms with Crippen molar-refractivity contribution in [1.29, 1.82) is 0 Å². The van der Waals surface area contributed by atoms with Gasteiger partial charge in [-0.25, -0.2) is 0 Å². The predicted octanol–water partition coefficient (Wildman–Crippen LogP) is 12.3. The Morgan fingerprint density at radius 1 is 0.469 bits per heavy atom. The standard InChI is InChI=1S/C16H30.2C8H16/c1-5-7-8-9-13-16(4)14-11-10-12-15(3)6-2;2*1-3-5-7-8-6-4-2/h3-14H2,1-2H3;2*3H,1,4-8H2,2H3. The zero-order chi connectivity index (χ0) is 24.7. The van der Waals surface area contributed by atoms with E-state index in [4.69, 9.17) is 0 Å². The van der Waals surface area contributed by atoms with Crippen LogP contribution in [0.25, 0.3) is 0 Å². The lowest BCUT2D eigenvalue weighted by Crippen LogP contribution is -1.86. The van der Waals surface area contributed by atoms with Crippen molar-refractivity contribution in [2.24, 2.45) is 0 Å². The Bertz CT molecular complexity index is 371. The van der Waals surface area contributed by atoms with Gasteiger partial charge in [-0.05, 0) is 70.6 Å². The van der Waals surface area contributed by atoms with Gasteiger partial charge < -0.3 is 0 Å². The van der Waals surface area contributed by atoms with Gasteiger partial charge in [-0.1, -0.05) is 122 Å². The van der Waals surface area contributed by atoms with Gasteiger partial charge in [-0.3, -0.25) is 0 Å². The molecule has 0 aliphatic carbocycles. The number of allylic oxidation sites excluding steroid dienone is 4. The van der Waals surface area contributed by atoms with Crippen molar-refractivity contribution >= 4 is 0 Å². The first-order valence-electron chi connectivity index (χ1n) is 14.1. The maximum atomic E-state index is 4.17. The van der Waals surface area contributed by atoms with Gasteiger partial charge in [0, 0.05) is 0 Å². The van der Waals surface area contributed by atoms with Crippen LogP contribution < -0.4 is 0 Å². The van der Waals surface area contributed by atoms with Crippen LogP contribution in [-0.2, 0) is 0 Å². The lowest BCUT2D eigenvalue weighted by atomic mass is 10.0.